The van der Waals surface area contributed by atoms with Gasteiger partial charge in [0, 0.05) is 18.3 Å². The number of pyridine rings is 1. The van der Waals surface area contributed by atoms with Gasteiger partial charge in [0.05, 0.1) is 6.54 Å². The lowest BCUT2D eigenvalue weighted by Gasteiger charge is -2.16. The Kier molecular flexibility index (Phi) is 3.90. The molecule has 0 unspecified atom stereocenters. The predicted molar refractivity (Wildman–Crippen MR) is 73.2 cm³/mol. The van der Waals surface area contributed by atoms with Crippen LogP contribution in [0.1, 0.15) is 27.6 Å². The lowest BCUT2D eigenvalue weighted by molar-refractivity contribution is 0.0775. The average Bonchev–Trinajstić information content (AvgIpc) is 2.72. The zero-order valence-corrected chi connectivity index (χ0v) is 11.9. The number of carbonyl (C=O) groups excluding carboxylic acids is 1. The van der Waals surface area contributed by atoms with Gasteiger partial charge in [-0.1, -0.05) is 11.6 Å². The lowest BCUT2D eigenvalue weighted by Crippen LogP contribution is -2.26. The van der Waals surface area contributed by atoms with Crippen LogP contribution in [0.15, 0.2) is 28.7 Å². The Morgan fingerprint density at radius 2 is 2.11 bits per heavy atom. The first-order chi connectivity index (χ1) is 8.95. The van der Waals surface area contributed by atoms with Crippen molar-refractivity contribution >= 4 is 17.5 Å². The highest BCUT2D eigenvalue weighted by atomic mass is 35.5. The first-order valence-electron chi connectivity index (χ1n) is 5.90. The highest BCUT2D eigenvalue weighted by Crippen LogP contribution is 2.14. The molecule has 0 saturated carbocycles. The first-order valence-corrected chi connectivity index (χ1v) is 6.28. The van der Waals surface area contributed by atoms with Gasteiger partial charge in [-0.15, -0.1) is 0 Å². The third-order valence-electron chi connectivity index (χ3n) is 2.70. The summed E-state index contributed by atoms with van der Waals surface area (Å²) in [5.74, 6) is 1.48. The molecule has 0 radical (unpaired) electrons. The van der Waals surface area contributed by atoms with Crippen LogP contribution in [0.25, 0.3) is 0 Å². The summed E-state index contributed by atoms with van der Waals surface area (Å²) >= 11 is 5.86. The first kappa shape index (κ1) is 13.6. The van der Waals surface area contributed by atoms with E-state index in [9.17, 15) is 4.79 Å². The molecule has 0 aliphatic rings. The zero-order chi connectivity index (χ0) is 14.0. The minimum atomic E-state index is -0.110. The summed E-state index contributed by atoms with van der Waals surface area (Å²) in [5.41, 5.74) is 1.25. The molecule has 2 rings (SSSR count). The van der Waals surface area contributed by atoms with Crippen molar-refractivity contribution in [2.24, 2.45) is 0 Å². The third kappa shape index (κ3) is 3.35. The maximum Gasteiger partial charge on any atom is 0.254 e. The van der Waals surface area contributed by atoms with Gasteiger partial charge in [-0.3, -0.25) is 4.79 Å². The van der Waals surface area contributed by atoms with E-state index in [-0.39, 0.29) is 5.91 Å². The Bertz CT molecular complexity index is 587. The van der Waals surface area contributed by atoms with E-state index in [1.165, 1.54) is 0 Å². The van der Waals surface area contributed by atoms with E-state index in [1.54, 1.807) is 31.0 Å². The summed E-state index contributed by atoms with van der Waals surface area (Å²) in [6.45, 7) is 4.10. The van der Waals surface area contributed by atoms with Crippen molar-refractivity contribution in [1.29, 1.82) is 0 Å². The largest absolute Gasteiger partial charge is 0.464 e. The van der Waals surface area contributed by atoms with Crippen LogP contribution < -0.4 is 0 Å². The summed E-state index contributed by atoms with van der Waals surface area (Å²) in [5, 5.41) is 0.325. The third-order valence-corrected chi connectivity index (χ3v) is 2.90. The van der Waals surface area contributed by atoms with Gasteiger partial charge < -0.3 is 9.32 Å². The van der Waals surface area contributed by atoms with Gasteiger partial charge in [0.1, 0.15) is 16.7 Å². The summed E-state index contributed by atoms with van der Waals surface area (Å²) in [7, 11) is 1.73. The molecule has 0 aliphatic carbocycles. The van der Waals surface area contributed by atoms with Crippen LogP contribution in [0.5, 0.6) is 0 Å². The van der Waals surface area contributed by atoms with Gasteiger partial charge in [0.25, 0.3) is 5.91 Å². The predicted octanol–water partition coefficient (Wildman–Crippen LogP) is 3.22. The molecule has 100 valence electrons. The van der Waals surface area contributed by atoms with Gasteiger partial charge in [0.15, 0.2) is 0 Å². The molecule has 0 N–H and O–H groups in total. The molecule has 19 heavy (non-hydrogen) atoms. The Labute approximate surface area is 117 Å². The highest BCUT2D eigenvalue weighted by Gasteiger charge is 2.14. The van der Waals surface area contributed by atoms with Crippen LogP contribution in [0.4, 0.5) is 0 Å². The summed E-state index contributed by atoms with van der Waals surface area (Å²) in [6.07, 6.45) is 0. The number of hydrogen-bond acceptors (Lipinski definition) is 3. The van der Waals surface area contributed by atoms with E-state index in [4.69, 9.17) is 16.0 Å². The van der Waals surface area contributed by atoms with Crippen molar-refractivity contribution in [1.82, 2.24) is 9.88 Å². The Morgan fingerprint density at radius 1 is 1.37 bits per heavy atom. The minimum absolute atomic E-state index is 0.110. The molecule has 0 aromatic carbocycles. The van der Waals surface area contributed by atoms with E-state index in [0.29, 0.717) is 17.3 Å². The van der Waals surface area contributed by atoms with Crippen molar-refractivity contribution in [2.75, 3.05) is 7.05 Å². The molecule has 2 aromatic heterocycles. The molecular weight excluding hydrogens is 264 g/mol. The fraction of sp³-hybridized carbons (Fsp3) is 0.286. The second-order valence-electron chi connectivity index (χ2n) is 4.49. The normalized spacial score (nSPS) is 10.5. The summed E-state index contributed by atoms with van der Waals surface area (Å²) in [4.78, 5) is 17.9. The van der Waals surface area contributed by atoms with Gasteiger partial charge in [0.2, 0.25) is 0 Å². The molecule has 0 aliphatic heterocycles. The average molecular weight is 279 g/mol. The molecule has 0 bridgehead atoms. The molecule has 1 amide bonds. The number of rotatable bonds is 3. The number of furan rings is 1. The second-order valence-corrected chi connectivity index (χ2v) is 4.88. The van der Waals surface area contributed by atoms with Crippen molar-refractivity contribution in [3.63, 3.8) is 0 Å². The molecule has 0 atom stereocenters. The number of aromatic nitrogens is 1. The van der Waals surface area contributed by atoms with Gasteiger partial charge in [-0.05, 0) is 38.1 Å². The smallest absolute Gasteiger partial charge is 0.254 e. The standard InChI is InChI=1S/C14H15ClN2O2/c1-9-6-11(7-13(15)16-9)14(18)17(3)8-12-5-4-10(2)19-12/h4-7H,8H2,1-3H3. The topological polar surface area (TPSA) is 46.3 Å². The van der Waals surface area contributed by atoms with Crippen LogP contribution in [-0.4, -0.2) is 22.8 Å². The lowest BCUT2D eigenvalue weighted by atomic mass is 10.2. The van der Waals surface area contributed by atoms with E-state index >= 15 is 0 Å². The van der Waals surface area contributed by atoms with Gasteiger partial charge in [-0.25, -0.2) is 4.98 Å². The van der Waals surface area contributed by atoms with E-state index < -0.39 is 0 Å². The number of aryl methyl sites for hydroxylation is 2. The minimum Gasteiger partial charge on any atom is -0.464 e. The molecule has 0 fully saturated rings. The number of carbonyl (C=O) groups is 1. The molecule has 0 saturated heterocycles. The van der Waals surface area contributed by atoms with Gasteiger partial charge in [-0.2, -0.15) is 0 Å². The van der Waals surface area contributed by atoms with Crippen molar-refractivity contribution in [3.8, 4) is 0 Å². The summed E-state index contributed by atoms with van der Waals surface area (Å²) in [6, 6.07) is 7.03. The van der Waals surface area contributed by atoms with Crippen molar-refractivity contribution in [3.05, 3.63) is 52.2 Å². The Hall–Kier alpha value is -1.81. The number of hydrogen-bond donors (Lipinski definition) is 0. The second kappa shape index (κ2) is 5.45. The maximum atomic E-state index is 12.3. The fourth-order valence-electron chi connectivity index (χ4n) is 1.85. The molecular formula is C14H15ClN2O2. The number of amides is 1. The summed E-state index contributed by atoms with van der Waals surface area (Å²) < 4.78 is 5.46. The highest BCUT2D eigenvalue weighted by molar-refractivity contribution is 6.29. The zero-order valence-electron chi connectivity index (χ0n) is 11.1. The van der Waals surface area contributed by atoms with Crippen LogP contribution in [0, 0.1) is 13.8 Å². The quantitative estimate of drug-likeness (QED) is 0.810. The molecule has 4 nitrogen and oxygen atoms in total. The Balaban J connectivity index is 2.14. The van der Waals surface area contributed by atoms with E-state index in [2.05, 4.69) is 4.98 Å². The van der Waals surface area contributed by atoms with E-state index in [0.717, 1.165) is 17.2 Å². The van der Waals surface area contributed by atoms with Crippen molar-refractivity contribution < 1.29 is 9.21 Å². The number of nitrogens with zero attached hydrogens (tertiary/aromatic N) is 2. The van der Waals surface area contributed by atoms with Crippen LogP contribution in [0.3, 0.4) is 0 Å². The van der Waals surface area contributed by atoms with Crippen LogP contribution in [-0.2, 0) is 6.54 Å². The molecule has 2 aromatic rings. The molecule has 0 spiro atoms. The SMILES string of the molecule is Cc1cc(C(=O)N(C)Cc2ccc(C)o2)cc(Cl)n1. The van der Waals surface area contributed by atoms with Crippen LogP contribution in [0.2, 0.25) is 5.15 Å². The van der Waals surface area contributed by atoms with Gasteiger partial charge >= 0.3 is 0 Å². The van der Waals surface area contributed by atoms with E-state index in [1.807, 2.05) is 19.1 Å². The maximum absolute atomic E-state index is 12.3. The molecule has 5 heteroatoms. The van der Waals surface area contributed by atoms with Crippen LogP contribution >= 0.6 is 11.6 Å². The Morgan fingerprint density at radius 3 is 2.68 bits per heavy atom. The number of halogens is 1. The monoisotopic (exact) mass is 278 g/mol. The van der Waals surface area contributed by atoms with Crippen molar-refractivity contribution in [2.45, 2.75) is 20.4 Å². The fourth-order valence-corrected chi connectivity index (χ4v) is 2.10. The molecule has 2 heterocycles.